The summed E-state index contributed by atoms with van der Waals surface area (Å²) in [6, 6.07) is 0. The van der Waals surface area contributed by atoms with Crippen molar-refractivity contribution < 1.29 is 3.97 Å². The SMILES string of the molecule is CCc1[nH]cc[n+]1[S-]. The number of hydrogen-bond acceptors (Lipinski definition) is 1. The number of nitrogens with zero attached hydrogens (tertiary/aromatic N) is 1. The third-order valence-electron chi connectivity index (χ3n) is 1.06. The van der Waals surface area contributed by atoms with Crippen LogP contribution in [0.4, 0.5) is 0 Å². The molecule has 44 valence electrons. The molecule has 0 bridgehead atoms. The zero-order valence-electron chi connectivity index (χ0n) is 4.72. The molecule has 0 saturated carbocycles. The van der Waals surface area contributed by atoms with Crippen molar-refractivity contribution in [3.8, 4) is 0 Å². The van der Waals surface area contributed by atoms with Gasteiger partial charge in [-0.3, -0.25) is 0 Å². The molecule has 0 spiro atoms. The molecular formula is C5H8N2S. The molecule has 1 aromatic rings. The second kappa shape index (κ2) is 2.13. The molecule has 1 heterocycles. The summed E-state index contributed by atoms with van der Waals surface area (Å²) in [5.41, 5.74) is 0. The van der Waals surface area contributed by atoms with E-state index in [0.717, 1.165) is 12.2 Å². The van der Waals surface area contributed by atoms with Gasteiger partial charge in [0.2, 0.25) is 5.82 Å². The second-order valence-electron chi connectivity index (χ2n) is 1.59. The number of hydrogen-bond donors (Lipinski definition) is 1. The lowest BCUT2D eigenvalue weighted by molar-refractivity contribution is -0.500. The predicted molar refractivity (Wildman–Crippen MR) is 33.1 cm³/mol. The Labute approximate surface area is 54.1 Å². The van der Waals surface area contributed by atoms with Crippen molar-refractivity contribution in [1.82, 2.24) is 4.98 Å². The van der Waals surface area contributed by atoms with E-state index in [4.69, 9.17) is 12.8 Å². The third kappa shape index (κ3) is 0.816. The Morgan fingerprint density at radius 3 is 2.88 bits per heavy atom. The van der Waals surface area contributed by atoms with Crippen LogP contribution >= 0.6 is 0 Å². The van der Waals surface area contributed by atoms with Gasteiger partial charge in [0.25, 0.3) is 0 Å². The largest absolute Gasteiger partial charge is 0.555 e. The first-order valence-corrected chi connectivity index (χ1v) is 2.96. The molecule has 0 amide bonds. The number of aryl methyl sites for hydroxylation is 1. The fraction of sp³-hybridized carbons (Fsp3) is 0.400. The molecule has 1 N–H and O–H groups in total. The lowest BCUT2D eigenvalue weighted by Gasteiger charge is -1.96. The highest BCUT2D eigenvalue weighted by molar-refractivity contribution is 7.50. The molecule has 3 heteroatoms. The van der Waals surface area contributed by atoms with E-state index in [9.17, 15) is 0 Å². The fourth-order valence-electron chi connectivity index (χ4n) is 0.613. The van der Waals surface area contributed by atoms with Gasteiger partial charge in [-0.1, -0.05) is 6.92 Å². The number of nitrogens with one attached hydrogen (secondary N) is 1. The summed E-state index contributed by atoms with van der Waals surface area (Å²) in [7, 11) is 0. The van der Waals surface area contributed by atoms with E-state index < -0.39 is 0 Å². The van der Waals surface area contributed by atoms with Crippen LogP contribution in [0.25, 0.3) is 0 Å². The highest BCUT2D eigenvalue weighted by Gasteiger charge is 1.94. The van der Waals surface area contributed by atoms with Crippen molar-refractivity contribution in [2.75, 3.05) is 0 Å². The van der Waals surface area contributed by atoms with Crippen molar-refractivity contribution in [2.24, 2.45) is 0 Å². The summed E-state index contributed by atoms with van der Waals surface area (Å²) in [6.07, 6.45) is 4.64. The van der Waals surface area contributed by atoms with Gasteiger partial charge in [0, 0.05) is 6.42 Å². The molecule has 0 radical (unpaired) electrons. The van der Waals surface area contributed by atoms with E-state index in [2.05, 4.69) is 11.9 Å². The van der Waals surface area contributed by atoms with Crippen LogP contribution in [0, 0.1) is 0 Å². The first-order chi connectivity index (χ1) is 3.84. The monoisotopic (exact) mass is 128 g/mol. The van der Waals surface area contributed by atoms with Crippen molar-refractivity contribution >= 4 is 12.8 Å². The quantitative estimate of drug-likeness (QED) is 0.422. The molecule has 2 nitrogen and oxygen atoms in total. The topological polar surface area (TPSA) is 19.7 Å². The van der Waals surface area contributed by atoms with E-state index >= 15 is 0 Å². The van der Waals surface area contributed by atoms with Crippen molar-refractivity contribution in [3.63, 3.8) is 0 Å². The predicted octanol–water partition coefficient (Wildman–Crippen LogP) is 0.175. The van der Waals surface area contributed by atoms with Crippen molar-refractivity contribution in [1.29, 1.82) is 0 Å². The molecule has 0 unspecified atom stereocenters. The minimum atomic E-state index is 0.969. The molecular weight excluding hydrogens is 120 g/mol. The molecule has 8 heavy (non-hydrogen) atoms. The maximum absolute atomic E-state index is 4.87. The summed E-state index contributed by atoms with van der Waals surface area (Å²) >= 11 is 4.87. The van der Waals surface area contributed by atoms with Crippen LogP contribution < -0.4 is 3.97 Å². The Hall–Kier alpha value is -0.570. The van der Waals surface area contributed by atoms with Gasteiger partial charge in [-0.05, 0) is 0 Å². The molecule has 0 aliphatic rings. The minimum absolute atomic E-state index is 0.969. The Kier molecular flexibility index (Phi) is 1.48. The van der Waals surface area contributed by atoms with Gasteiger partial charge in [-0.25, -0.2) is 4.98 Å². The smallest absolute Gasteiger partial charge is 0.236 e. The average Bonchev–Trinajstić information content (AvgIpc) is 2.14. The van der Waals surface area contributed by atoms with Gasteiger partial charge in [0.05, 0.1) is 0 Å². The van der Waals surface area contributed by atoms with E-state index in [1.54, 1.807) is 3.97 Å². The number of aromatic amines is 1. The zero-order chi connectivity index (χ0) is 5.98. The molecule has 0 atom stereocenters. The van der Waals surface area contributed by atoms with Crippen LogP contribution in [-0.4, -0.2) is 4.98 Å². The third-order valence-corrected chi connectivity index (χ3v) is 1.40. The molecule has 0 aliphatic heterocycles. The number of H-pyrrole nitrogens is 1. The maximum Gasteiger partial charge on any atom is 0.236 e. The Morgan fingerprint density at radius 1 is 1.88 bits per heavy atom. The fourth-order valence-corrected chi connectivity index (χ4v) is 0.855. The van der Waals surface area contributed by atoms with Crippen LogP contribution in [-0.2, 0) is 19.2 Å². The van der Waals surface area contributed by atoms with E-state index in [1.807, 2.05) is 12.4 Å². The molecule has 1 aromatic heterocycles. The van der Waals surface area contributed by atoms with Gasteiger partial charge in [-0.15, -0.1) is 0 Å². The standard InChI is InChI=1S/C5H8N2S/c1-2-5-6-3-4-7(5)8/h3-4,6H,2H2,1H3. The number of aromatic nitrogens is 2. The van der Waals surface area contributed by atoms with Gasteiger partial charge < -0.3 is 16.8 Å². The van der Waals surface area contributed by atoms with Crippen LogP contribution in [0.15, 0.2) is 12.4 Å². The molecule has 1 rings (SSSR count). The van der Waals surface area contributed by atoms with Crippen LogP contribution in [0.2, 0.25) is 0 Å². The van der Waals surface area contributed by atoms with E-state index in [1.165, 1.54) is 0 Å². The lowest BCUT2D eigenvalue weighted by atomic mass is 10.5. The zero-order valence-corrected chi connectivity index (χ0v) is 5.53. The minimum Gasteiger partial charge on any atom is -0.555 e. The van der Waals surface area contributed by atoms with Crippen LogP contribution in [0.1, 0.15) is 12.7 Å². The van der Waals surface area contributed by atoms with E-state index in [0.29, 0.717) is 0 Å². The van der Waals surface area contributed by atoms with Crippen LogP contribution in [0.3, 0.4) is 0 Å². The first kappa shape index (κ1) is 5.56. The molecule has 0 aromatic carbocycles. The number of rotatable bonds is 1. The molecule has 0 saturated heterocycles. The summed E-state index contributed by atoms with van der Waals surface area (Å²) < 4.78 is 1.67. The highest BCUT2D eigenvalue weighted by atomic mass is 32.1. The lowest BCUT2D eigenvalue weighted by Crippen LogP contribution is -2.28. The van der Waals surface area contributed by atoms with Gasteiger partial charge in [0.1, 0.15) is 12.4 Å². The van der Waals surface area contributed by atoms with E-state index in [-0.39, 0.29) is 0 Å². The highest BCUT2D eigenvalue weighted by Crippen LogP contribution is 1.83. The summed E-state index contributed by atoms with van der Waals surface area (Å²) in [4.78, 5) is 3.01. The Bertz CT molecular complexity index is 171. The summed E-state index contributed by atoms with van der Waals surface area (Å²) in [5.74, 6) is 1.08. The summed E-state index contributed by atoms with van der Waals surface area (Å²) in [5, 5.41) is 0. The normalized spacial score (nSPS) is 9.62. The van der Waals surface area contributed by atoms with Crippen molar-refractivity contribution in [2.45, 2.75) is 13.3 Å². The van der Waals surface area contributed by atoms with Gasteiger partial charge in [-0.2, -0.15) is 0 Å². The first-order valence-electron chi connectivity index (χ1n) is 2.60. The maximum atomic E-state index is 4.87. The molecule has 0 aliphatic carbocycles. The second-order valence-corrected chi connectivity index (χ2v) is 1.98. The van der Waals surface area contributed by atoms with Crippen molar-refractivity contribution in [3.05, 3.63) is 18.2 Å². The van der Waals surface area contributed by atoms with Gasteiger partial charge in [0.15, 0.2) is 0 Å². The Balaban J connectivity index is 2.92. The average molecular weight is 128 g/mol. The number of imidazole rings is 1. The van der Waals surface area contributed by atoms with Crippen LogP contribution in [0.5, 0.6) is 0 Å². The molecule has 0 fully saturated rings. The van der Waals surface area contributed by atoms with Gasteiger partial charge >= 0.3 is 0 Å². The Morgan fingerprint density at radius 2 is 2.62 bits per heavy atom. The summed E-state index contributed by atoms with van der Waals surface area (Å²) in [6.45, 7) is 2.06.